The first-order valence-corrected chi connectivity index (χ1v) is 4.46. The topological polar surface area (TPSA) is 40.5 Å². The fourth-order valence-corrected chi connectivity index (χ4v) is 1.11. The number of carbonyl (C=O) groups is 1. The molecule has 0 fully saturated rings. The maximum atomic E-state index is 12.6. The second kappa shape index (κ2) is 5.14. The molecule has 1 aromatic rings. The Hall–Kier alpha value is -1.84. The molecule has 0 spiro atoms. The fraction of sp³-hybridized carbons (Fsp3) is 0.182. The Labute approximate surface area is 87.4 Å². The predicted octanol–water partition coefficient (Wildman–Crippen LogP) is 1.90. The number of benzene rings is 1. The van der Waals surface area contributed by atoms with Gasteiger partial charge >= 0.3 is 5.97 Å². The highest BCUT2D eigenvalue weighted by atomic mass is 19.1. The van der Waals surface area contributed by atoms with Crippen molar-refractivity contribution in [1.29, 1.82) is 0 Å². The predicted molar refractivity (Wildman–Crippen MR) is 56.4 cm³/mol. The minimum Gasteiger partial charge on any atom is -0.478 e. The summed E-state index contributed by atoms with van der Waals surface area (Å²) in [6.45, 7) is 0.470. The number of aliphatic carboxylic acids is 1. The van der Waals surface area contributed by atoms with Gasteiger partial charge in [0.1, 0.15) is 5.82 Å². The molecule has 1 aromatic carbocycles. The van der Waals surface area contributed by atoms with E-state index in [1.807, 2.05) is 4.90 Å². The molecule has 1 N–H and O–H groups in total. The number of halogens is 1. The molecule has 0 heterocycles. The van der Waals surface area contributed by atoms with E-state index in [1.165, 1.54) is 18.2 Å². The van der Waals surface area contributed by atoms with Gasteiger partial charge in [0.25, 0.3) is 0 Å². The second-order valence-electron chi connectivity index (χ2n) is 3.10. The monoisotopic (exact) mass is 209 g/mol. The van der Waals surface area contributed by atoms with E-state index < -0.39 is 5.97 Å². The van der Waals surface area contributed by atoms with E-state index in [0.717, 1.165) is 11.8 Å². The molecule has 80 valence electrons. The van der Waals surface area contributed by atoms with Gasteiger partial charge in [0, 0.05) is 25.4 Å². The average molecular weight is 209 g/mol. The molecule has 0 bridgehead atoms. The summed E-state index contributed by atoms with van der Waals surface area (Å²) < 4.78 is 12.6. The molecule has 0 aliphatic heterocycles. The number of carboxylic acid groups (broad SMARTS) is 1. The first kappa shape index (κ1) is 11.2. The van der Waals surface area contributed by atoms with Gasteiger partial charge < -0.3 is 10.0 Å². The molecular formula is C11H12FNO2. The highest BCUT2D eigenvalue weighted by molar-refractivity contribution is 5.79. The average Bonchev–Trinajstić information content (AvgIpc) is 2.18. The Balaban J connectivity index is 2.57. The maximum absolute atomic E-state index is 12.6. The van der Waals surface area contributed by atoms with Crippen molar-refractivity contribution in [3.8, 4) is 0 Å². The zero-order valence-corrected chi connectivity index (χ0v) is 8.35. The largest absolute Gasteiger partial charge is 0.478 e. The van der Waals surface area contributed by atoms with Gasteiger partial charge in [-0.25, -0.2) is 9.18 Å². The van der Waals surface area contributed by atoms with E-state index >= 15 is 0 Å². The van der Waals surface area contributed by atoms with E-state index in [-0.39, 0.29) is 5.82 Å². The van der Waals surface area contributed by atoms with Crippen molar-refractivity contribution >= 4 is 11.7 Å². The van der Waals surface area contributed by atoms with Crippen molar-refractivity contribution in [3.63, 3.8) is 0 Å². The zero-order chi connectivity index (χ0) is 11.3. The van der Waals surface area contributed by atoms with Crippen LogP contribution in [0.4, 0.5) is 10.1 Å². The van der Waals surface area contributed by atoms with Gasteiger partial charge in [-0.05, 0) is 24.3 Å². The van der Waals surface area contributed by atoms with E-state index in [4.69, 9.17) is 5.11 Å². The summed E-state index contributed by atoms with van der Waals surface area (Å²) in [6.07, 6.45) is 2.62. The Bertz CT molecular complexity index is 359. The number of rotatable bonds is 4. The van der Waals surface area contributed by atoms with E-state index in [2.05, 4.69) is 0 Å². The SMILES string of the molecule is CN(C/C=C/C(=O)O)c1ccc(F)cc1. The van der Waals surface area contributed by atoms with Crippen LogP contribution >= 0.6 is 0 Å². The molecule has 0 aromatic heterocycles. The third-order valence-corrected chi connectivity index (χ3v) is 1.91. The van der Waals surface area contributed by atoms with Gasteiger partial charge in [-0.3, -0.25) is 0 Å². The van der Waals surface area contributed by atoms with Crippen LogP contribution in [-0.4, -0.2) is 24.7 Å². The molecule has 4 heteroatoms. The van der Waals surface area contributed by atoms with Gasteiger partial charge in [-0.1, -0.05) is 6.08 Å². The number of hydrogen-bond donors (Lipinski definition) is 1. The molecule has 1 rings (SSSR count). The van der Waals surface area contributed by atoms with Crippen molar-refractivity contribution in [2.45, 2.75) is 0 Å². The highest BCUT2D eigenvalue weighted by Gasteiger charge is 1.98. The van der Waals surface area contributed by atoms with Crippen LogP contribution in [0.2, 0.25) is 0 Å². The highest BCUT2D eigenvalue weighted by Crippen LogP contribution is 2.12. The smallest absolute Gasteiger partial charge is 0.328 e. The minimum atomic E-state index is -0.970. The van der Waals surface area contributed by atoms with E-state index in [0.29, 0.717) is 6.54 Å². The van der Waals surface area contributed by atoms with Crippen molar-refractivity contribution in [2.24, 2.45) is 0 Å². The summed E-state index contributed by atoms with van der Waals surface area (Å²) in [5.74, 6) is -1.25. The molecule has 0 amide bonds. The van der Waals surface area contributed by atoms with Gasteiger partial charge in [0.2, 0.25) is 0 Å². The summed E-state index contributed by atoms with van der Waals surface area (Å²) in [4.78, 5) is 12.0. The number of likely N-dealkylation sites (N-methyl/N-ethyl adjacent to an activating group) is 1. The lowest BCUT2D eigenvalue weighted by molar-refractivity contribution is -0.131. The van der Waals surface area contributed by atoms with Crippen molar-refractivity contribution < 1.29 is 14.3 Å². The molecule has 15 heavy (non-hydrogen) atoms. The van der Waals surface area contributed by atoms with Crippen molar-refractivity contribution in [2.75, 3.05) is 18.5 Å². The summed E-state index contributed by atoms with van der Waals surface area (Å²) in [5.41, 5.74) is 0.839. The maximum Gasteiger partial charge on any atom is 0.328 e. The molecular weight excluding hydrogens is 197 g/mol. The standard InChI is InChI=1S/C11H12FNO2/c1-13(8-2-3-11(14)15)10-6-4-9(12)5-7-10/h2-7H,8H2,1H3,(H,14,15)/b3-2+. The van der Waals surface area contributed by atoms with E-state index in [1.54, 1.807) is 19.2 Å². The number of anilines is 1. The lowest BCUT2D eigenvalue weighted by atomic mass is 10.3. The van der Waals surface area contributed by atoms with Gasteiger partial charge in [0.05, 0.1) is 0 Å². The van der Waals surface area contributed by atoms with Crippen molar-refractivity contribution in [3.05, 3.63) is 42.2 Å². The fourth-order valence-electron chi connectivity index (χ4n) is 1.11. The first-order valence-electron chi connectivity index (χ1n) is 4.46. The van der Waals surface area contributed by atoms with Gasteiger partial charge in [-0.15, -0.1) is 0 Å². The van der Waals surface area contributed by atoms with Crippen LogP contribution in [-0.2, 0) is 4.79 Å². The van der Waals surface area contributed by atoms with Crippen LogP contribution in [0.3, 0.4) is 0 Å². The number of carboxylic acids is 1. The summed E-state index contributed by atoms with van der Waals surface area (Å²) in [5, 5.41) is 8.38. The van der Waals surface area contributed by atoms with Crippen LogP contribution in [0.15, 0.2) is 36.4 Å². The molecule has 0 radical (unpaired) electrons. The van der Waals surface area contributed by atoms with Crippen LogP contribution in [0.5, 0.6) is 0 Å². The second-order valence-corrected chi connectivity index (χ2v) is 3.10. The lowest BCUT2D eigenvalue weighted by Gasteiger charge is -2.16. The van der Waals surface area contributed by atoms with Crippen LogP contribution in [0.1, 0.15) is 0 Å². The van der Waals surface area contributed by atoms with Crippen LogP contribution in [0.25, 0.3) is 0 Å². The summed E-state index contributed by atoms with van der Waals surface area (Å²) in [6, 6.07) is 6.02. The lowest BCUT2D eigenvalue weighted by Crippen LogP contribution is -2.16. The molecule has 0 atom stereocenters. The minimum absolute atomic E-state index is 0.284. The van der Waals surface area contributed by atoms with Crippen molar-refractivity contribution in [1.82, 2.24) is 0 Å². The van der Waals surface area contributed by atoms with Crippen LogP contribution < -0.4 is 4.90 Å². The summed E-state index contributed by atoms with van der Waals surface area (Å²) in [7, 11) is 1.80. The van der Waals surface area contributed by atoms with Gasteiger partial charge in [0.15, 0.2) is 0 Å². The quantitative estimate of drug-likeness (QED) is 0.770. The number of hydrogen-bond acceptors (Lipinski definition) is 2. The number of nitrogens with zero attached hydrogens (tertiary/aromatic N) is 1. The molecule has 0 aliphatic carbocycles. The van der Waals surface area contributed by atoms with Crippen LogP contribution in [0, 0.1) is 5.82 Å². The third kappa shape index (κ3) is 3.81. The molecule has 3 nitrogen and oxygen atoms in total. The zero-order valence-electron chi connectivity index (χ0n) is 8.35. The Kier molecular flexibility index (Phi) is 3.85. The van der Waals surface area contributed by atoms with E-state index in [9.17, 15) is 9.18 Å². The summed E-state index contributed by atoms with van der Waals surface area (Å²) >= 11 is 0. The normalized spacial score (nSPS) is 10.5. The Morgan fingerprint density at radius 2 is 2.07 bits per heavy atom. The first-order chi connectivity index (χ1) is 7.09. The Morgan fingerprint density at radius 1 is 1.47 bits per heavy atom. The Morgan fingerprint density at radius 3 is 2.60 bits per heavy atom. The third-order valence-electron chi connectivity index (χ3n) is 1.91. The molecule has 0 saturated heterocycles. The van der Waals surface area contributed by atoms with Gasteiger partial charge in [-0.2, -0.15) is 0 Å². The molecule has 0 aliphatic rings. The molecule has 0 unspecified atom stereocenters. The molecule has 0 saturated carbocycles.